The number of hydrogen-bond donors (Lipinski definition) is 0. The maximum absolute atomic E-state index is 4.71. The summed E-state index contributed by atoms with van der Waals surface area (Å²) in [6, 6.07) is 13.7. The summed E-state index contributed by atoms with van der Waals surface area (Å²) in [6.07, 6.45) is 13.9. The first-order valence-corrected chi connectivity index (χ1v) is 11.3. The van der Waals surface area contributed by atoms with E-state index in [-0.39, 0.29) is 0 Å². The lowest BCUT2D eigenvalue weighted by molar-refractivity contribution is 0.218. The van der Waals surface area contributed by atoms with Crippen molar-refractivity contribution in [3.8, 4) is 11.3 Å². The number of unbranched alkanes of at least 4 members (excludes halogenated alkanes) is 2. The second-order valence-electron chi connectivity index (χ2n) is 8.67. The predicted molar refractivity (Wildman–Crippen MR) is 117 cm³/mol. The second kappa shape index (κ2) is 10.1. The van der Waals surface area contributed by atoms with Crippen molar-refractivity contribution in [3.63, 3.8) is 0 Å². The standard InChI is InChI=1S/C26H37N/c1-4-6-7-9-21-10-17-26(27-19-21)24-14-12-23(13-15-24)25-16-11-22(8-5-2)20(3)18-25/h10,12-15,17,19-20,22,25H,4-9,11,16,18H2,1-3H3/t20-,22-,25-/m0/s1. The van der Waals surface area contributed by atoms with Gasteiger partial charge in [-0.15, -0.1) is 0 Å². The first kappa shape index (κ1) is 20.1. The van der Waals surface area contributed by atoms with Crippen LogP contribution in [0.1, 0.15) is 89.2 Å². The van der Waals surface area contributed by atoms with Crippen LogP contribution in [-0.4, -0.2) is 4.98 Å². The molecule has 27 heavy (non-hydrogen) atoms. The third-order valence-electron chi connectivity index (χ3n) is 6.58. The number of pyridine rings is 1. The van der Waals surface area contributed by atoms with E-state index in [4.69, 9.17) is 4.98 Å². The average molecular weight is 364 g/mol. The van der Waals surface area contributed by atoms with E-state index in [0.717, 1.165) is 29.9 Å². The molecule has 146 valence electrons. The molecule has 1 aliphatic carbocycles. The van der Waals surface area contributed by atoms with Gasteiger partial charge in [0, 0.05) is 11.8 Å². The van der Waals surface area contributed by atoms with E-state index in [1.807, 2.05) is 0 Å². The Balaban J connectivity index is 1.60. The Morgan fingerprint density at radius 2 is 1.74 bits per heavy atom. The zero-order valence-electron chi connectivity index (χ0n) is 17.6. The number of hydrogen-bond acceptors (Lipinski definition) is 1. The van der Waals surface area contributed by atoms with Crippen LogP contribution in [0.25, 0.3) is 11.3 Å². The molecule has 0 aliphatic heterocycles. The molecular weight excluding hydrogens is 326 g/mol. The Hall–Kier alpha value is -1.63. The van der Waals surface area contributed by atoms with Gasteiger partial charge < -0.3 is 0 Å². The van der Waals surface area contributed by atoms with E-state index >= 15 is 0 Å². The topological polar surface area (TPSA) is 12.9 Å². The molecule has 0 amide bonds. The number of aryl methyl sites for hydroxylation is 1. The normalized spacial score (nSPS) is 22.7. The van der Waals surface area contributed by atoms with Crippen LogP contribution >= 0.6 is 0 Å². The molecule has 3 atom stereocenters. The van der Waals surface area contributed by atoms with Gasteiger partial charge in [-0.05, 0) is 67.1 Å². The van der Waals surface area contributed by atoms with Gasteiger partial charge in [0.2, 0.25) is 0 Å². The van der Waals surface area contributed by atoms with E-state index in [1.165, 1.54) is 68.1 Å². The van der Waals surface area contributed by atoms with Crippen LogP contribution in [0, 0.1) is 11.8 Å². The van der Waals surface area contributed by atoms with Gasteiger partial charge in [0.1, 0.15) is 0 Å². The molecular formula is C26H37N. The van der Waals surface area contributed by atoms with Crippen LogP contribution in [0.15, 0.2) is 42.6 Å². The minimum Gasteiger partial charge on any atom is -0.256 e. The highest BCUT2D eigenvalue weighted by Crippen LogP contribution is 2.41. The smallest absolute Gasteiger partial charge is 0.0702 e. The third kappa shape index (κ3) is 5.43. The van der Waals surface area contributed by atoms with Gasteiger partial charge >= 0.3 is 0 Å². The van der Waals surface area contributed by atoms with Gasteiger partial charge in [-0.1, -0.05) is 76.8 Å². The predicted octanol–water partition coefficient (Wildman–Crippen LogP) is 7.80. The number of benzene rings is 1. The van der Waals surface area contributed by atoms with Crippen LogP contribution < -0.4 is 0 Å². The van der Waals surface area contributed by atoms with Crippen molar-refractivity contribution in [1.29, 1.82) is 0 Å². The second-order valence-corrected chi connectivity index (χ2v) is 8.67. The highest BCUT2D eigenvalue weighted by molar-refractivity contribution is 5.59. The Morgan fingerprint density at radius 3 is 2.37 bits per heavy atom. The summed E-state index contributed by atoms with van der Waals surface area (Å²) < 4.78 is 0. The van der Waals surface area contributed by atoms with Crippen LogP contribution in [0.4, 0.5) is 0 Å². The van der Waals surface area contributed by atoms with E-state index in [1.54, 1.807) is 0 Å². The third-order valence-corrected chi connectivity index (χ3v) is 6.58. The van der Waals surface area contributed by atoms with E-state index in [0.29, 0.717) is 0 Å². The van der Waals surface area contributed by atoms with E-state index in [2.05, 4.69) is 63.4 Å². The van der Waals surface area contributed by atoms with Gasteiger partial charge in [0.05, 0.1) is 5.69 Å². The molecule has 1 aromatic carbocycles. The Bertz CT molecular complexity index is 670. The monoisotopic (exact) mass is 363 g/mol. The highest BCUT2D eigenvalue weighted by atomic mass is 14.7. The van der Waals surface area contributed by atoms with Gasteiger partial charge in [0.15, 0.2) is 0 Å². The SMILES string of the molecule is CCCCCc1ccc(-c2ccc([C@H]3CC[C@H](CCC)[C@@H](C)C3)cc2)nc1. The molecule has 1 fully saturated rings. The summed E-state index contributed by atoms with van der Waals surface area (Å²) >= 11 is 0. The van der Waals surface area contributed by atoms with Crippen molar-refractivity contribution in [2.45, 2.75) is 84.5 Å². The molecule has 1 nitrogen and oxygen atoms in total. The van der Waals surface area contributed by atoms with Crippen molar-refractivity contribution in [2.75, 3.05) is 0 Å². The van der Waals surface area contributed by atoms with Crippen molar-refractivity contribution in [2.24, 2.45) is 11.8 Å². The minimum absolute atomic E-state index is 0.746. The fourth-order valence-electron chi connectivity index (χ4n) is 4.81. The summed E-state index contributed by atoms with van der Waals surface area (Å²) in [5.74, 6) is 2.56. The number of nitrogens with zero attached hydrogens (tertiary/aromatic N) is 1. The van der Waals surface area contributed by atoms with Crippen molar-refractivity contribution >= 4 is 0 Å². The molecule has 0 bridgehead atoms. The van der Waals surface area contributed by atoms with Crippen molar-refractivity contribution in [3.05, 3.63) is 53.7 Å². The lowest BCUT2D eigenvalue weighted by atomic mass is 9.71. The molecule has 0 spiro atoms. The molecule has 2 aromatic rings. The quantitative estimate of drug-likeness (QED) is 0.436. The molecule has 1 saturated carbocycles. The van der Waals surface area contributed by atoms with Crippen LogP contribution in [0.2, 0.25) is 0 Å². The van der Waals surface area contributed by atoms with E-state index < -0.39 is 0 Å². The molecule has 1 heteroatoms. The van der Waals surface area contributed by atoms with Crippen LogP contribution in [0.5, 0.6) is 0 Å². The van der Waals surface area contributed by atoms with Crippen LogP contribution in [-0.2, 0) is 6.42 Å². The number of aromatic nitrogens is 1. The zero-order chi connectivity index (χ0) is 19.1. The Morgan fingerprint density at radius 1 is 0.926 bits per heavy atom. The molecule has 0 radical (unpaired) electrons. The van der Waals surface area contributed by atoms with Crippen LogP contribution in [0.3, 0.4) is 0 Å². The summed E-state index contributed by atoms with van der Waals surface area (Å²) in [5, 5.41) is 0. The van der Waals surface area contributed by atoms with Gasteiger partial charge in [-0.2, -0.15) is 0 Å². The van der Waals surface area contributed by atoms with Gasteiger partial charge in [0.25, 0.3) is 0 Å². The molecule has 0 saturated heterocycles. The molecule has 3 rings (SSSR count). The average Bonchev–Trinajstić information content (AvgIpc) is 2.71. The Labute approximate surface area is 166 Å². The maximum Gasteiger partial charge on any atom is 0.0702 e. The Kier molecular flexibility index (Phi) is 7.50. The first-order chi connectivity index (χ1) is 13.2. The fourth-order valence-corrected chi connectivity index (χ4v) is 4.81. The van der Waals surface area contributed by atoms with E-state index in [9.17, 15) is 0 Å². The molecule has 0 N–H and O–H groups in total. The summed E-state index contributed by atoms with van der Waals surface area (Å²) in [7, 11) is 0. The molecule has 1 aliphatic rings. The summed E-state index contributed by atoms with van der Waals surface area (Å²) in [6.45, 7) is 7.04. The lowest BCUT2D eigenvalue weighted by Gasteiger charge is -2.34. The maximum atomic E-state index is 4.71. The molecule has 1 heterocycles. The molecule has 0 unspecified atom stereocenters. The molecule has 1 aromatic heterocycles. The fraction of sp³-hybridized carbons (Fsp3) is 0.577. The lowest BCUT2D eigenvalue weighted by Crippen LogP contribution is -2.21. The van der Waals surface area contributed by atoms with Gasteiger partial charge in [-0.25, -0.2) is 0 Å². The zero-order valence-corrected chi connectivity index (χ0v) is 17.6. The first-order valence-electron chi connectivity index (χ1n) is 11.3. The van der Waals surface area contributed by atoms with Crippen molar-refractivity contribution in [1.82, 2.24) is 4.98 Å². The minimum atomic E-state index is 0.746. The highest BCUT2D eigenvalue weighted by Gasteiger charge is 2.27. The van der Waals surface area contributed by atoms with Crippen molar-refractivity contribution < 1.29 is 0 Å². The summed E-state index contributed by atoms with van der Waals surface area (Å²) in [5.41, 5.74) is 5.23. The largest absolute Gasteiger partial charge is 0.256 e. The number of rotatable bonds is 8. The van der Waals surface area contributed by atoms with Gasteiger partial charge in [-0.3, -0.25) is 4.98 Å². The summed E-state index contributed by atoms with van der Waals surface area (Å²) in [4.78, 5) is 4.71.